The van der Waals surface area contributed by atoms with Crippen molar-refractivity contribution in [2.24, 2.45) is 5.92 Å². The Bertz CT molecular complexity index is 164. The molecule has 3 nitrogen and oxygen atoms in total. The number of unbranched alkanes of at least 4 members (excludes halogenated alkanes) is 2. The quantitative estimate of drug-likeness (QED) is 0.639. The van der Waals surface area contributed by atoms with E-state index in [0.29, 0.717) is 6.42 Å². The number of carboxylic acids is 1. The van der Waals surface area contributed by atoms with Crippen LogP contribution in [-0.2, 0) is 4.79 Å². The molecule has 0 saturated carbocycles. The molecule has 0 aliphatic carbocycles. The van der Waals surface area contributed by atoms with Crippen molar-refractivity contribution < 1.29 is 9.90 Å². The standard InChI is InChI=1S/C10H19NO2/c1-9-7-11(8-9)6-4-2-3-5-10(12)13/h9H,2-8H2,1H3,(H,12,13). The van der Waals surface area contributed by atoms with Gasteiger partial charge in [0.05, 0.1) is 0 Å². The van der Waals surface area contributed by atoms with Crippen molar-refractivity contribution in [3.63, 3.8) is 0 Å². The maximum Gasteiger partial charge on any atom is 0.303 e. The Kier molecular flexibility index (Phi) is 4.22. The number of hydrogen-bond acceptors (Lipinski definition) is 2. The van der Waals surface area contributed by atoms with Crippen LogP contribution in [0.2, 0.25) is 0 Å². The Labute approximate surface area is 79.7 Å². The number of hydrogen-bond donors (Lipinski definition) is 1. The molecule has 0 aromatic carbocycles. The van der Waals surface area contributed by atoms with Gasteiger partial charge in [0, 0.05) is 19.5 Å². The predicted octanol–water partition coefficient (Wildman–Crippen LogP) is 1.58. The van der Waals surface area contributed by atoms with Crippen LogP contribution in [0.15, 0.2) is 0 Å². The Hall–Kier alpha value is -0.570. The molecule has 1 aliphatic rings. The van der Waals surface area contributed by atoms with Gasteiger partial charge in [0.25, 0.3) is 0 Å². The maximum atomic E-state index is 10.2. The molecule has 1 N–H and O–H groups in total. The van der Waals surface area contributed by atoms with Crippen LogP contribution in [0, 0.1) is 5.92 Å². The SMILES string of the molecule is CC1CN(CCCCCC(=O)O)C1. The zero-order chi connectivity index (χ0) is 9.68. The average Bonchev–Trinajstić information content (AvgIpc) is 1.99. The largest absolute Gasteiger partial charge is 0.481 e. The van der Waals surface area contributed by atoms with Gasteiger partial charge >= 0.3 is 5.97 Å². The van der Waals surface area contributed by atoms with Gasteiger partial charge in [0.2, 0.25) is 0 Å². The third kappa shape index (κ3) is 4.27. The fourth-order valence-electron chi connectivity index (χ4n) is 1.80. The molecule has 0 bridgehead atoms. The molecule has 1 saturated heterocycles. The summed E-state index contributed by atoms with van der Waals surface area (Å²) >= 11 is 0. The third-order valence-corrected chi connectivity index (χ3v) is 2.50. The van der Waals surface area contributed by atoms with Crippen molar-refractivity contribution in [1.29, 1.82) is 0 Å². The molecule has 0 radical (unpaired) electrons. The fourth-order valence-corrected chi connectivity index (χ4v) is 1.80. The van der Waals surface area contributed by atoms with Crippen LogP contribution < -0.4 is 0 Å². The van der Waals surface area contributed by atoms with E-state index in [9.17, 15) is 4.79 Å². The summed E-state index contributed by atoms with van der Waals surface area (Å²) < 4.78 is 0. The Morgan fingerprint density at radius 2 is 2.08 bits per heavy atom. The molecule has 1 heterocycles. The smallest absolute Gasteiger partial charge is 0.303 e. The molecule has 0 amide bonds. The topological polar surface area (TPSA) is 40.5 Å². The van der Waals surface area contributed by atoms with Gasteiger partial charge in [-0.2, -0.15) is 0 Å². The van der Waals surface area contributed by atoms with Crippen LogP contribution in [0.1, 0.15) is 32.6 Å². The highest BCUT2D eigenvalue weighted by Gasteiger charge is 2.20. The Morgan fingerprint density at radius 3 is 2.62 bits per heavy atom. The minimum absolute atomic E-state index is 0.330. The molecule has 1 rings (SSSR count). The van der Waals surface area contributed by atoms with Crippen molar-refractivity contribution in [2.75, 3.05) is 19.6 Å². The van der Waals surface area contributed by atoms with Crippen LogP contribution in [-0.4, -0.2) is 35.6 Å². The first-order valence-electron chi connectivity index (χ1n) is 5.12. The van der Waals surface area contributed by atoms with E-state index in [0.717, 1.165) is 31.7 Å². The summed E-state index contributed by atoms with van der Waals surface area (Å²) in [5.41, 5.74) is 0. The normalized spacial score (nSPS) is 18.5. The van der Waals surface area contributed by atoms with E-state index >= 15 is 0 Å². The van der Waals surface area contributed by atoms with E-state index in [-0.39, 0.29) is 0 Å². The number of nitrogens with zero attached hydrogens (tertiary/aromatic N) is 1. The van der Waals surface area contributed by atoms with Gasteiger partial charge in [-0.3, -0.25) is 4.79 Å². The molecule has 13 heavy (non-hydrogen) atoms. The zero-order valence-corrected chi connectivity index (χ0v) is 8.33. The van der Waals surface area contributed by atoms with Crippen molar-refractivity contribution in [1.82, 2.24) is 4.90 Å². The number of likely N-dealkylation sites (tertiary alicyclic amines) is 1. The predicted molar refractivity (Wildman–Crippen MR) is 51.7 cm³/mol. The first-order chi connectivity index (χ1) is 6.18. The van der Waals surface area contributed by atoms with E-state index in [1.165, 1.54) is 13.1 Å². The van der Waals surface area contributed by atoms with Crippen molar-refractivity contribution in [2.45, 2.75) is 32.6 Å². The molecular weight excluding hydrogens is 166 g/mol. The van der Waals surface area contributed by atoms with Gasteiger partial charge in [-0.25, -0.2) is 0 Å². The van der Waals surface area contributed by atoms with E-state index in [1.54, 1.807) is 0 Å². The highest BCUT2D eigenvalue weighted by atomic mass is 16.4. The van der Waals surface area contributed by atoms with Crippen LogP contribution in [0.4, 0.5) is 0 Å². The molecule has 1 aliphatic heterocycles. The highest BCUT2D eigenvalue weighted by molar-refractivity contribution is 5.66. The molecule has 3 heteroatoms. The second-order valence-electron chi connectivity index (χ2n) is 4.07. The summed E-state index contributed by atoms with van der Waals surface area (Å²) in [5, 5.41) is 8.40. The number of carbonyl (C=O) groups is 1. The third-order valence-electron chi connectivity index (χ3n) is 2.50. The van der Waals surface area contributed by atoms with E-state index in [1.807, 2.05) is 0 Å². The number of aliphatic carboxylic acids is 1. The van der Waals surface area contributed by atoms with Crippen LogP contribution in [0.5, 0.6) is 0 Å². The fraction of sp³-hybridized carbons (Fsp3) is 0.900. The van der Waals surface area contributed by atoms with Crippen LogP contribution in [0.3, 0.4) is 0 Å². The first-order valence-corrected chi connectivity index (χ1v) is 5.12. The molecule has 0 atom stereocenters. The lowest BCUT2D eigenvalue weighted by Gasteiger charge is -2.37. The summed E-state index contributed by atoms with van der Waals surface area (Å²) in [6.07, 6.45) is 3.37. The summed E-state index contributed by atoms with van der Waals surface area (Å²) in [4.78, 5) is 12.6. The molecule has 0 spiro atoms. The van der Waals surface area contributed by atoms with Gasteiger partial charge in [-0.05, 0) is 25.3 Å². The summed E-state index contributed by atoms with van der Waals surface area (Å²) in [6, 6.07) is 0. The van der Waals surface area contributed by atoms with Crippen LogP contribution >= 0.6 is 0 Å². The zero-order valence-electron chi connectivity index (χ0n) is 8.33. The highest BCUT2D eigenvalue weighted by Crippen LogP contribution is 2.14. The lowest BCUT2D eigenvalue weighted by atomic mass is 10.0. The number of carboxylic acid groups (broad SMARTS) is 1. The molecule has 1 fully saturated rings. The van der Waals surface area contributed by atoms with Crippen molar-refractivity contribution in [3.05, 3.63) is 0 Å². The van der Waals surface area contributed by atoms with Gasteiger partial charge in [-0.1, -0.05) is 13.3 Å². The van der Waals surface area contributed by atoms with Gasteiger partial charge in [-0.15, -0.1) is 0 Å². The van der Waals surface area contributed by atoms with Gasteiger partial charge in [0.15, 0.2) is 0 Å². The monoisotopic (exact) mass is 185 g/mol. The van der Waals surface area contributed by atoms with Crippen molar-refractivity contribution in [3.8, 4) is 0 Å². The van der Waals surface area contributed by atoms with E-state index < -0.39 is 5.97 Å². The Balaban J connectivity index is 1.82. The number of rotatable bonds is 6. The molecule has 0 aromatic rings. The molecule has 0 unspecified atom stereocenters. The van der Waals surface area contributed by atoms with Crippen LogP contribution in [0.25, 0.3) is 0 Å². The van der Waals surface area contributed by atoms with Gasteiger partial charge < -0.3 is 10.0 Å². The lowest BCUT2D eigenvalue weighted by molar-refractivity contribution is -0.137. The van der Waals surface area contributed by atoms with Crippen molar-refractivity contribution >= 4 is 5.97 Å². The van der Waals surface area contributed by atoms with E-state index in [4.69, 9.17) is 5.11 Å². The summed E-state index contributed by atoms with van der Waals surface area (Å²) in [6.45, 7) is 5.89. The van der Waals surface area contributed by atoms with Gasteiger partial charge in [0.1, 0.15) is 0 Å². The minimum atomic E-state index is -0.669. The second kappa shape index (κ2) is 5.22. The lowest BCUT2D eigenvalue weighted by Crippen LogP contribution is -2.45. The molecular formula is C10H19NO2. The Morgan fingerprint density at radius 1 is 1.38 bits per heavy atom. The average molecular weight is 185 g/mol. The molecule has 0 aromatic heterocycles. The minimum Gasteiger partial charge on any atom is -0.481 e. The van der Waals surface area contributed by atoms with E-state index in [2.05, 4.69) is 11.8 Å². The summed E-state index contributed by atoms with van der Waals surface area (Å²) in [7, 11) is 0. The molecule has 76 valence electrons. The maximum absolute atomic E-state index is 10.2. The summed E-state index contributed by atoms with van der Waals surface area (Å²) in [5.74, 6) is 0.205. The second-order valence-corrected chi connectivity index (χ2v) is 4.07. The first kappa shape index (κ1) is 10.5.